The van der Waals surface area contributed by atoms with Crippen LogP contribution in [0.5, 0.6) is 0 Å². The van der Waals surface area contributed by atoms with Crippen molar-refractivity contribution < 1.29 is 52.2 Å². The van der Waals surface area contributed by atoms with Gasteiger partial charge in [0.1, 0.15) is 29.3 Å². The number of nitrogens with two attached hydrogens (primary N) is 1. The lowest BCUT2D eigenvalue weighted by Crippen LogP contribution is -2.58. The lowest BCUT2D eigenvalue weighted by atomic mass is 9.83. The molecule has 17 heteroatoms. The zero-order chi connectivity index (χ0) is 36.8. The van der Waals surface area contributed by atoms with Crippen molar-refractivity contribution in [3.63, 3.8) is 0 Å². The molecule has 0 bridgehead atoms. The Morgan fingerprint density at radius 2 is 1.43 bits per heavy atom. The predicted octanol–water partition coefficient (Wildman–Crippen LogP) is 0.444. The Morgan fingerprint density at radius 3 is 1.98 bits per heavy atom. The van der Waals surface area contributed by atoms with Crippen LogP contribution < -0.4 is 32.3 Å². The lowest BCUT2D eigenvalue weighted by Gasteiger charge is -2.32. The van der Waals surface area contributed by atoms with Crippen LogP contribution in [-0.4, -0.2) is 83.5 Å². The number of carbonyl (C=O) groups excluding carboxylic acids is 7. The Hall–Kier alpha value is -4.96. The quantitative estimate of drug-likeness (QED) is 0.105. The van der Waals surface area contributed by atoms with Crippen molar-refractivity contribution in [3.8, 4) is 0 Å². The molecule has 3 unspecified atom stereocenters. The van der Waals surface area contributed by atoms with E-state index in [-0.39, 0.29) is 18.8 Å². The van der Waals surface area contributed by atoms with Gasteiger partial charge in [-0.3, -0.25) is 33.6 Å². The van der Waals surface area contributed by atoms with Crippen molar-refractivity contribution in [2.24, 2.45) is 17.6 Å². The number of hydrogen-bond acceptors (Lipinski definition) is 8. The van der Waals surface area contributed by atoms with Crippen LogP contribution in [0.3, 0.4) is 0 Å². The van der Waals surface area contributed by atoms with Crippen LogP contribution in [0.2, 0.25) is 0 Å². The number of aromatic carboxylic acids is 1. The van der Waals surface area contributed by atoms with Gasteiger partial charge in [0, 0.05) is 0 Å². The molecule has 6 amide bonds. The largest absolute Gasteiger partial charge is 0.478 e. The first-order valence-corrected chi connectivity index (χ1v) is 16.1. The Morgan fingerprint density at radius 1 is 0.837 bits per heavy atom. The maximum atomic E-state index is 14.7. The molecule has 1 aliphatic rings. The number of Topliss-reactive ketones (excluding diaryl/α,β-unsaturated/α-hetero) is 1. The topological polar surface area (TPSA) is 243 Å². The summed E-state index contributed by atoms with van der Waals surface area (Å²) in [6.45, 7) is 4.11. The second kappa shape index (κ2) is 19.1. The molecule has 2 rings (SSSR count). The summed E-state index contributed by atoms with van der Waals surface area (Å²) in [5.74, 6) is -12.0. The number of carboxylic acids is 1. The SMILES string of the molecule is CCCC(NC(=O)C(CC(C)C)NC(=O)C(NC(=O)c1c(F)ccc(F)c1C(=O)O)C1CCCCC1)C(=O)C(=O)NCC(=O)NCC(N)=O. The molecule has 0 radical (unpaired) electrons. The van der Waals surface area contributed by atoms with Crippen LogP contribution in [-0.2, 0) is 28.8 Å². The Bertz CT molecular complexity index is 1430. The van der Waals surface area contributed by atoms with Gasteiger partial charge in [0.25, 0.3) is 11.8 Å². The van der Waals surface area contributed by atoms with Crippen molar-refractivity contribution in [2.75, 3.05) is 13.1 Å². The van der Waals surface area contributed by atoms with Crippen LogP contribution in [0.15, 0.2) is 12.1 Å². The summed E-state index contributed by atoms with van der Waals surface area (Å²) < 4.78 is 29.1. The first-order valence-electron chi connectivity index (χ1n) is 16.1. The summed E-state index contributed by atoms with van der Waals surface area (Å²) in [5.41, 5.74) is 2.67. The van der Waals surface area contributed by atoms with Crippen molar-refractivity contribution in [1.82, 2.24) is 26.6 Å². The van der Waals surface area contributed by atoms with Gasteiger partial charge in [-0.05, 0) is 49.7 Å². The zero-order valence-corrected chi connectivity index (χ0v) is 27.7. The van der Waals surface area contributed by atoms with E-state index in [9.17, 15) is 52.2 Å². The number of benzene rings is 1. The van der Waals surface area contributed by atoms with Gasteiger partial charge in [-0.2, -0.15) is 0 Å². The highest BCUT2D eigenvalue weighted by atomic mass is 19.1. The third-order valence-corrected chi connectivity index (χ3v) is 7.88. The highest BCUT2D eigenvalue weighted by Crippen LogP contribution is 2.28. The van der Waals surface area contributed by atoms with Crippen LogP contribution in [0, 0.1) is 23.5 Å². The Labute approximate surface area is 281 Å². The van der Waals surface area contributed by atoms with Crippen molar-refractivity contribution in [1.29, 1.82) is 0 Å². The maximum absolute atomic E-state index is 14.7. The van der Waals surface area contributed by atoms with E-state index in [1.807, 2.05) is 0 Å². The van der Waals surface area contributed by atoms with Gasteiger partial charge in [-0.1, -0.05) is 46.5 Å². The monoisotopic (exact) mass is 694 g/mol. The normalized spacial score (nSPS) is 14.9. The summed E-state index contributed by atoms with van der Waals surface area (Å²) in [4.78, 5) is 100. The molecule has 1 saturated carbocycles. The molecule has 1 fully saturated rings. The van der Waals surface area contributed by atoms with Gasteiger partial charge >= 0.3 is 5.97 Å². The molecule has 1 aromatic carbocycles. The Balaban J connectivity index is 2.28. The van der Waals surface area contributed by atoms with Crippen molar-refractivity contribution in [2.45, 2.75) is 90.3 Å². The number of carbonyl (C=O) groups is 8. The van der Waals surface area contributed by atoms with E-state index < -0.39 is 107 Å². The molecule has 3 atom stereocenters. The fourth-order valence-corrected chi connectivity index (χ4v) is 5.51. The number of hydrogen-bond donors (Lipinski definition) is 7. The van der Waals surface area contributed by atoms with Gasteiger partial charge < -0.3 is 37.4 Å². The van der Waals surface area contributed by atoms with Gasteiger partial charge in [0.05, 0.1) is 24.7 Å². The summed E-state index contributed by atoms with van der Waals surface area (Å²) in [6.07, 6.45) is 3.64. The molecule has 0 spiro atoms. The van der Waals surface area contributed by atoms with E-state index in [4.69, 9.17) is 5.73 Å². The molecule has 15 nitrogen and oxygen atoms in total. The molecule has 270 valence electrons. The van der Waals surface area contributed by atoms with E-state index in [0.29, 0.717) is 44.2 Å². The van der Waals surface area contributed by atoms with E-state index in [2.05, 4.69) is 26.6 Å². The smallest absolute Gasteiger partial charge is 0.339 e. The Kier molecular flexibility index (Phi) is 15.7. The molecule has 0 aliphatic heterocycles. The highest BCUT2D eigenvalue weighted by Gasteiger charge is 2.37. The van der Waals surface area contributed by atoms with Crippen LogP contribution in [0.4, 0.5) is 8.78 Å². The summed E-state index contributed by atoms with van der Waals surface area (Å²) in [5, 5.41) is 21.2. The number of amides is 6. The third-order valence-electron chi connectivity index (χ3n) is 7.88. The third kappa shape index (κ3) is 12.2. The number of rotatable bonds is 18. The van der Waals surface area contributed by atoms with Crippen molar-refractivity contribution >= 4 is 47.2 Å². The summed E-state index contributed by atoms with van der Waals surface area (Å²) >= 11 is 0. The van der Waals surface area contributed by atoms with Gasteiger partial charge in [-0.15, -0.1) is 0 Å². The fraction of sp³-hybridized carbons (Fsp3) is 0.562. The number of nitrogens with one attached hydrogen (secondary N) is 5. The van der Waals surface area contributed by atoms with Crippen molar-refractivity contribution in [3.05, 3.63) is 34.9 Å². The average molecular weight is 695 g/mol. The number of primary amides is 1. The zero-order valence-electron chi connectivity index (χ0n) is 27.7. The van der Waals surface area contributed by atoms with E-state index >= 15 is 0 Å². The minimum Gasteiger partial charge on any atom is -0.478 e. The molecule has 8 N–H and O–H groups in total. The molecule has 1 aromatic rings. The fourth-order valence-electron chi connectivity index (χ4n) is 5.51. The summed E-state index contributed by atoms with van der Waals surface area (Å²) in [7, 11) is 0. The minimum atomic E-state index is -1.88. The van der Waals surface area contributed by atoms with Crippen LogP contribution in [0.1, 0.15) is 92.9 Å². The maximum Gasteiger partial charge on any atom is 0.339 e. The first kappa shape index (κ1) is 40.2. The van der Waals surface area contributed by atoms with E-state index in [1.54, 1.807) is 20.8 Å². The standard InChI is InChI=1S/C32H44F2N6O9/c1-4-8-20(27(43)31(47)37-15-23(42)36-14-22(35)41)38-28(44)21(13-16(2)3)39-30(46)26(17-9-6-5-7-10-17)40-29(45)24-18(33)11-12-19(34)25(24)32(48)49/h11-12,16-17,20-21,26H,4-10,13-15H2,1-3H3,(H2,35,41)(H,36,42)(H,37,47)(H,38,44)(H,39,46)(H,40,45)(H,48,49). The number of halogens is 2. The first-order chi connectivity index (χ1) is 23.1. The van der Waals surface area contributed by atoms with Crippen LogP contribution in [0.25, 0.3) is 0 Å². The van der Waals surface area contributed by atoms with Crippen LogP contribution >= 0.6 is 0 Å². The molecule has 0 saturated heterocycles. The van der Waals surface area contributed by atoms with Gasteiger partial charge in [-0.25, -0.2) is 13.6 Å². The van der Waals surface area contributed by atoms with E-state index in [1.165, 1.54) is 0 Å². The lowest BCUT2D eigenvalue weighted by molar-refractivity contribution is -0.141. The molecule has 0 heterocycles. The molecular formula is C32H44F2N6O9. The molecule has 0 aromatic heterocycles. The molecular weight excluding hydrogens is 650 g/mol. The second-order valence-corrected chi connectivity index (χ2v) is 12.3. The average Bonchev–Trinajstić information content (AvgIpc) is 3.04. The second-order valence-electron chi connectivity index (χ2n) is 12.3. The van der Waals surface area contributed by atoms with Gasteiger partial charge in [0.15, 0.2) is 0 Å². The number of carboxylic acid groups (broad SMARTS) is 1. The highest BCUT2D eigenvalue weighted by molar-refractivity contribution is 6.38. The molecule has 49 heavy (non-hydrogen) atoms. The minimum absolute atomic E-state index is 0.0279. The predicted molar refractivity (Wildman–Crippen MR) is 170 cm³/mol. The molecule has 1 aliphatic carbocycles. The number of ketones is 1. The van der Waals surface area contributed by atoms with E-state index in [0.717, 1.165) is 6.42 Å². The summed E-state index contributed by atoms with van der Waals surface area (Å²) in [6, 6.07) is -2.80. The van der Waals surface area contributed by atoms with Gasteiger partial charge in [0.2, 0.25) is 29.4 Å².